The maximum Gasteiger partial charge on any atom is 0.258 e. The van der Waals surface area contributed by atoms with E-state index < -0.39 is 0 Å². The zero-order valence-electron chi connectivity index (χ0n) is 14.1. The van der Waals surface area contributed by atoms with E-state index in [4.69, 9.17) is 4.74 Å². The minimum Gasteiger partial charge on any atom is -0.484 e. The molecule has 0 saturated carbocycles. The van der Waals surface area contributed by atoms with Gasteiger partial charge in [-0.1, -0.05) is 48.5 Å². The van der Waals surface area contributed by atoms with E-state index in [0.717, 1.165) is 16.7 Å². The molecule has 2 aromatic carbocycles. The summed E-state index contributed by atoms with van der Waals surface area (Å²) in [6, 6.07) is 21.0. The number of rotatable bonds is 6. The van der Waals surface area contributed by atoms with Crippen LogP contribution in [0, 0.1) is 6.92 Å². The maximum absolute atomic E-state index is 12.4. The van der Waals surface area contributed by atoms with Gasteiger partial charge in [0.15, 0.2) is 6.61 Å². The van der Waals surface area contributed by atoms with Gasteiger partial charge in [0, 0.05) is 12.4 Å². The van der Waals surface area contributed by atoms with Crippen LogP contribution in [0.4, 0.5) is 0 Å². The number of aryl methyl sites for hydroxylation is 1. The molecule has 0 unspecified atom stereocenters. The van der Waals surface area contributed by atoms with Crippen molar-refractivity contribution in [2.24, 2.45) is 0 Å². The van der Waals surface area contributed by atoms with E-state index in [2.05, 4.69) is 10.3 Å². The largest absolute Gasteiger partial charge is 0.484 e. The Morgan fingerprint density at radius 1 is 1.04 bits per heavy atom. The topological polar surface area (TPSA) is 51.2 Å². The number of nitrogens with zero attached hydrogens (tertiary/aromatic N) is 1. The average Bonchev–Trinajstić information content (AvgIpc) is 2.66. The highest BCUT2D eigenvalue weighted by molar-refractivity contribution is 5.78. The van der Waals surface area contributed by atoms with Crippen LogP contribution in [0.3, 0.4) is 0 Å². The quantitative estimate of drug-likeness (QED) is 0.749. The molecule has 0 bridgehead atoms. The van der Waals surface area contributed by atoms with Gasteiger partial charge in [-0.05, 0) is 41.8 Å². The highest BCUT2D eigenvalue weighted by atomic mass is 16.5. The first kappa shape index (κ1) is 16.7. The van der Waals surface area contributed by atoms with Gasteiger partial charge in [-0.15, -0.1) is 0 Å². The average molecular weight is 332 g/mol. The van der Waals surface area contributed by atoms with Crippen molar-refractivity contribution in [1.29, 1.82) is 0 Å². The van der Waals surface area contributed by atoms with E-state index in [1.165, 1.54) is 0 Å². The third-order valence-corrected chi connectivity index (χ3v) is 3.82. The molecule has 4 heteroatoms. The number of amides is 1. The van der Waals surface area contributed by atoms with E-state index in [9.17, 15) is 4.79 Å². The second-order valence-corrected chi connectivity index (χ2v) is 5.80. The van der Waals surface area contributed by atoms with E-state index in [1.54, 1.807) is 12.4 Å². The number of hydrogen-bond donors (Lipinski definition) is 1. The SMILES string of the molecule is Cc1cccc(OCC(=O)N[C@@H](c2ccccc2)c2cccnc2)c1. The molecule has 3 aromatic rings. The van der Waals surface area contributed by atoms with Crippen LogP contribution in [0.5, 0.6) is 5.75 Å². The number of carbonyl (C=O) groups excluding carboxylic acids is 1. The monoisotopic (exact) mass is 332 g/mol. The minimum absolute atomic E-state index is 0.0347. The van der Waals surface area contributed by atoms with Crippen LogP contribution in [-0.4, -0.2) is 17.5 Å². The Bertz CT molecular complexity index is 780. The van der Waals surface area contributed by atoms with E-state index in [0.29, 0.717) is 5.75 Å². The Hall–Kier alpha value is -3.14. The Balaban J connectivity index is 1.71. The molecule has 3 rings (SSSR count). The van der Waals surface area contributed by atoms with Crippen LogP contribution < -0.4 is 10.1 Å². The number of benzene rings is 2. The third-order valence-electron chi connectivity index (χ3n) is 3.82. The van der Waals surface area contributed by atoms with Gasteiger partial charge in [0.1, 0.15) is 5.75 Å². The van der Waals surface area contributed by atoms with Crippen molar-refractivity contribution in [3.05, 3.63) is 95.8 Å². The number of pyridine rings is 1. The molecule has 0 spiro atoms. The molecule has 126 valence electrons. The summed E-state index contributed by atoms with van der Waals surface area (Å²) in [7, 11) is 0. The molecule has 1 aromatic heterocycles. The maximum atomic E-state index is 12.4. The fourth-order valence-corrected chi connectivity index (χ4v) is 2.61. The summed E-state index contributed by atoms with van der Waals surface area (Å²) in [5, 5.41) is 3.03. The molecular formula is C21H20N2O2. The van der Waals surface area contributed by atoms with Gasteiger partial charge >= 0.3 is 0 Å². The lowest BCUT2D eigenvalue weighted by Gasteiger charge is -2.19. The standard InChI is InChI=1S/C21H20N2O2/c1-16-7-5-11-19(13-16)25-15-20(24)23-21(17-8-3-2-4-9-17)18-10-6-12-22-14-18/h2-14,21H,15H2,1H3,(H,23,24)/t21-/m0/s1. The number of ether oxygens (including phenoxy) is 1. The van der Waals surface area contributed by atoms with Gasteiger partial charge in [-0.2, -0.15) is 0 Å². The van der Waals surface area contributed by atoms with Crippen molar-refractivity contribution in [3.8, 4) is 5.75 Å². The Morgan fingerprint density at radius 3 is 2.56 bits per heavy atom. The fraction of sp³-hybridized carbons (Fsp3) is 0.143. The van der Waals surface area contributed by atoms with Gasteiger partial charge < -0.3 is 10.1 Å². The van der Waals surface area contributed by atoms with Crippen molar-refractivity contribution in [3.63, 3.8) is 0 Å². The van der Waals surface area contributed by atoms with Gasteiger partial charge in [-0.3, -0.25) is 9.78 Å². The highest BCUT2D eigenvalue weighted by Crippen LogP contribution is 2.21. The molecule has 1 amide bonds. The van der Waals surface area contributed by atoms with Gasteiger partial charge in [0.25, 0.3) is 5.91 Å². The molecule has 4 nitrogen and oxygen atoms in total. The lowest BCUT2D eigenvalue weighted by molar-refractivity contribution is -0.123. The molecule has 0 saturated heterocycles. The number of carbonyl (C=O) groups is 1. The fourth-order valence-electron chi connectivity index (χ4n) is 2.61. The summed E-state index contributed by atoms with van der Waals surface area (Å²) in [5.74, 6) is 0.506. The van der Waals surface area contributed by atoms with Gasteiger partial charge in [0.2, 0.25) is 0 Å². The first-order chi connectivity index (χ1) is 12.2. The van der Waals surface area contributed by atoms with E-state index in [1.807, 2.05) is 73.7 Å². The van der Waals surface area contributed by atoms with Crippen molar-refractivity contribution in [1.82, 2.24) is 10.3 Å². The minimum atomic E-state index is -0.261. The second kappa shape index (κ2) is 8.11. The lowest BCUT2D eigenvalue weighted by Crippen LogP contribution is -2.33. The van der Waals surface area contributed by atoms with Crippen molar-refractivity contribution < 1.29 is 9.53 Å². The van der Waals surface area contributed by atoms with Gasteiger partial charge in [-0.25, -0.2) is 0 Å². The second-order valence-electron chi connectivity index (χ2n) is 5.80. The van der Waals surface area contributed by atoms with Crippen LogP contribution in [0.2, 0.25) is 0 Å². The first-order valence-electron chi connectivity index (χ1n) is 8.16. The van der Waals surface area contributed by atoms with Crippen LogP contribution in [-0.2, 0) is 4.79 Å². The zero-order chi connectivity index (χ0) is 17.5. The predicted octanol–water partition coefficient (Wildman–Crippen LogP) is 3.67. The zero-order valence-corrected chi connectivity index (χ0v) is 14.1. The molecule has 1 heterocycles. The molecular weight excluding hydrogens is 312 g/mol. The third kappa shape index (κ3) is 4.67. The molecule has 0 radical (unpaired) electrons. The Labute approximate surface area is 147 Å². The van der Waals surface area contributed by atoms with Crippen LogP contribution >= 0.6 is 0 Å². The Morgan fingerprint density at radius 2 is 1.84 bits per heavy atom. The first-order valence-corrected chi connectivity index (χ1v) is 8.16. The molecule has 1 N–H and O–H groups in total. The molecule has 1 atom stereocenters. The summed E-state index contributed by atoms with van der Waals surface area (Å²) < 4.78 is 5.59. The van der Waals surface area contributed by atoms with Crippen molar-refractivity contribution >= 4 is 5.91 Å². The summed E-state index contributed by atoms with van der Waals surface area (Å²) in [6.45, 7) is 1.95. The normalized spacial score (nSPS) is 11.6. The highest BCUT2D eigenvalue weighted by Gasteiger charge is 2.17. The van der Waals surface area contributed by atoms with Crippen LogP contribution in [0.1, 0.15) is 22.7 Å². The number of nitrogens with one attached hydrogen (secondary N) is 1. The lowest BCUT2D eigenvalue weighted by atomic mass is 10.0. The van der Waals surface area contributed by atoms with E-state index >= 15 is 0 Å². The number of aromatic nitrogens is 1. The molecule has 25 heavy (non-hydrogen) atoms. The summed E-state index contributed by atoms with van der Waals surface area (Å²) in [5.41, 5.74) is 3.02. The van der Waals surface area contributed by atoms with Crippen LogP contribution in [0.15, 0.2) is 79.1 Å². The smallest absolute Gasteiger partial charge is 0.258 e. The summed E-state index contributed by atoms with van der Waals surface area (Å²) in [4.78, 5) is 16.6. The summed E-state index contributed by atoms with van der Waals surface area (Å²) >= 11 is 0. The van der Waals surface area contributed by atoms with Gasteiger partial charge in [0.05, 0.1) is 6.04 Å². The molecule has 0 fully saturated rings. The van der Waals surface area contributed by atoms with Crippen molar-refractivity contribution in [2.75, 3.05) is 6.61 Å². The molecule has 0 aliphatic heterocycles. The summed E-state index contributed by atoms with van der Waals surface area (Å²) in [6.07, 6.45) is 3.48. The van der Waals surface area contributed by atoms with Crippen LogP contribution in [0.25, 0.3) is 0 Å². The predicted molar refractivity (Wildman–Crippen MR) is 97.3 cm³/mol. The molecule has 0 aliphatic rings. The Kier molecular flexibility index (Phi) is 5.42. The van der Waals surface area contributed by atoms with E-state index in [-0.39, 0.29) is 18.6 Å². The number of hydrogen-bond acceptors (Lipinski definition) is 3. The molecule has 0 aliphatic carbocycles. The van der Waals surface area contributed by atoms with Crippen molar-refractivity contribution in [2.45, 2.75) is 13.0 Å².